The van der Waals surface area contributed by atoms with Crippen molar-refractivity contribution in [2.75, 3.05) is 10.2 Å². The van der Waals surface area contributed by atoms with Gasteiger partial charge in [-0.2, -0.15) is 4.57 Å². The van der Waals surface area contributed by atoms with E-state index >= 15 is 0 Å². The van der Waals surface area contributed by atoms with Crippen LogP contribution in [-0.4, -0.2) is 11.8 Å². The molecule has 0 bridgehead atoms. The van der Waals surface area contributed by atoms with Crippen LogP contribution >= 0.6 is 0 Å². The van der Waals surface area contributed by atoms with Crippen LogP contribution in [0.1, 0.15) is 28.4 Å². The smallest absolute Gasteiger partial charge is 0.294 e. The Balaban J connectivity index is 1.83. The molecular formula is C24H24N3O2+. The zero-order valence-electron chi connectivity index (χ0n) is 16.8. The summed E-state index contributed by atoms with van der Waals surface area (Å²) in [7, 11) is 0. The summed E-state index contributed by atoms with van der Waals surface area (Å²) in [5.74, 6) is -0.333. The lowest BCUT2D eigenvalue weighted by Gasteiger charge is -2.33. The number of hydrogen-bond acceptors (Lipinski definition) is 2. The first-order chi connectivity index (χ1) is 14.0. The van der Waals surface area contributed by atoms with Crippen LogP contribution in [0.25, 0.3) is 0 Å². The number of nitrogens with zero attached hydrogens (tertiary/aromatic N) is 2. The molecule has 3 aromatic rings. The third kappa shape index (κ3) is 3.40. The maximum Gasteiger partial charge on any atom is 0.294 e. The molecule has 1 aliphatic rings. The van der Waals surface area contributed by atoms with E-state index in [9.17, 15) is 9.59 Å². The van der Waals surface area contributed by atoms with Gasteiger partial charge >= 0.3 is 0 Å². The number of para-hydroxylation sites is 1. The Morgan fingerprint density at radius 2 is 1.69 bits per heavy atom. The summed E-state index contributed by atoms with van der Waals surface area (Å²) < 4.78 is 1.85. The van der Waals surface area contributed by atoms with Gasteiger partial charge in [0.15, 0.2) is 6.20 Å². The summed E-state index contributed by atoms with van der Waals surface area (Å²) >= 11 is 0. The number of carbonyl (C=O) groups is 2. The molecule has 5 heteroatoms. The molecule has 2 heterocycles. The Kier molecular flexibility index (Phi) is 4.89. The molecule has 0 unspecified atom stereocenters. The highest BCUT2D eigenvalue weighted by molar-refractivity contribution is 6.06. The number of rotatable bonds is 3. The van der Waals surface area contributed by atoms with Crippen molar-refractivity contribution in [1.82, 2.24) is 0 Å². The number of fused-ring (bicyclic) bond motifs is 1. The Hall–Kier alpha value is -3.47. The van der Waals surface area contributed by atoms with E-state index in [2.05, 4.69) is 5.32 Å². The van der Waals surface area contributed by atoms with E-state index in [0.29, 0.717) is 0 Å². The Labute approximate surface area is 170 Å². The number of carbonyl (C=O) groups excluding carboxylic acids is 2. The highest BCUT2D eigenvalue weighted by Crippen LogP contribution is 2.33. The van der Waals surface area contributed by atoms with Crippen molar-refractivity contribution in [3.8, 4) is 0 Å². The van der Waals surface area contributed by atoms with Gasteiger partial charge in [-0.15, -0.1) is 0 Å². The topological polar surface area (TPSA) is 53.3 Å². The van der Waals surface area contributed by atoms with Crippen LogP contribution in [0.3, 0.4) is 0 Å². The molecule has 0 spiro atoms. The molecule has 146 valence electrons. The van der Waals surface area contributed by atoms with Gasteiger partial charge in [0, 0.05) is 23.5 Å². The minimum atomic E-state index is -0.752. The van der Waals surface area contributed by atoms with Crippen molar-refractivity contribution in [2.24, 2.45) is 0 Å². The zero-order valence-corrected chi connectivity index (χ0v) is 16.8. The van der Waals surface area contributed by atoms with E-state index < -0.39 is 6.04 Å². The second-order valence-electron chi connectivity index (χ2n) is 7.44. The van der Waals surface area contributed by atoms with Crippen molar-refractivity contribution < 1.29 is 14.2 Å². The van der Waals surface area contributed by atoms with Gasteiger partial charge in [-0.1, -0.05) is 36.4 Å². The molecule has 4 rings (SSSR count). The lowest BCUT2D eigenvalue weighted by molar-refractivity contribution is -0.695. The molecule has 2 aromatic carbocycles. The van der Waals surface area contributed by atoms with Gasteiger partial charge in [0.25, 0.3) is 11.8 Å². The molecule has 0 aliphatic carbocycles. The van der Waals surface area contributed by atoms with Gasteiger partial charge in [0.2, 0.25) is 18.3 Å². The highest BCUT2D eigenvalue weighted by Gasteiger charge is 2.44. The van der Waals surface area contributed by atoms with Gasteiger partial charge in [0.1, 0.15) is 0 Å². The summed E-state index contributed by atoms with van der Waals surface area (Å²) in [4.78, 5) is 28.3. The molecule has 2 amide bonds. The lowest BCUT2D eigenvalue weighted by Crippen LogP contribution is -2.58. The minimum absolute atomic E-state index is 0.104. The predicted octanol–water partition coefficient (Wildman–Crippen LogP) is 3.63. The van der Waals surface area contributed by atoms with E-state index in [-0.39, 0.29) is 18.4 Å². The molecule has 0 radical (unpaired) electrons. The van der Waals surface area contributed by atoms with Crippen LogP contribution in [0.15, 0.2) is 66.9 Å². The molecule has 1 aromatic heterocycles. The molecule has 0 fully saturated rings. The molecule has 5 nitrogen and oxygen atoms in total. The molecule has 1 N–H and O–H groups in total. The lowest BCUT2D eigenvalue weighted by atomic mass is 10.0. The van der Waals surface area contributed by atoms with Crippen molar-refractivity contribution in [1.29, 1.82) is 0 Å². The van der Waals surface area contributed by atoms with Crippen LogP contribution in [-0.2, 0) is 16.1 Å². The quantitative estimate of drug-likeness (QED) is 0.699. The predicted molar refractivity (Wildman–Crippen MR) is 113 cm³/mol. The zero-order chi connectivity index (χ0) is 20.5. The fraction of sp³-hybridized carbons (Fsp3) is 0.208. The van der Waals surface area contributed by atoms with E-state index in [1.807, 2.05) is 92.2 Å². The van der Waals surface area contributed by atoms with Crippen molar-refractivity contribution in [2.45, 2.75) is 33.4 Å². The SMILES string of the molecule is Cc1ccccc1NC(=O)[C@H]1c2cccc[n+]2CC(=O)N1c1cccc(C)c1C. The first kappa shape index (κ1) is 18.9. The van der Waals surface area contributed by atoms with Gasteiger partial charge in [-0.3, -0.25) is 14.5 Å². The normalized spacial score (nSPS) is 15.8. The Morgan fingerprint density at radius 3 is 2.48 bits per heavy atom. The van der Waals surface area contributed by atoms with Crippen LogP contribution in [0.2, 0.25) is 0 Å². The van der Waals surface area contributed by atoms with Crippen LogP contribution in [0.5, 0.6) is 0 Å². The summed E-state index contributed by atoms with van der Waals surface area (Å²) in [6.45, 7) is 6.16. The molecule has 29 heavy (non-hydrogen) atoms. The minimum Gasteiger partial charge on any atom is -0.324 e. The van der Waals surface area contributed by atoms with Gasteiger partial charge in [0.05, 0.1) is 0 Å². The number of benzene rings is 2. The Morgan fingerprint density at radius 1 is 0.966 bits per heavy atom. The number of aryl methyl sites for hydroxylation is 2. The van der Waals surface area contributed by atoms with Crippen LogP contribution in [0, 0.1) is 20.8 Å². The molecule has 0 saturated heterocycles. The maximum atomic E-state index is 13.5. The van der Waals surface area contributed by atoms with E-state index in [1.54, 1.807) is 4.90 Å². The number of amides is 2. The third-order valence-electron chi connectivity index (χ3n) is 5.58. The number of aromatic nitrogens is 1. The summed E-state index contributed by atoms with van der Waals surface area (Å²) in [5.41, 5.74) is 5.37. The highest BCUT2D eigenvalue weighted by atomic mass is 16.2. The molecule has 1 atom stereocenters. The monoisotopic (exact) mass is 386 g/mol. The van der Waals surface area contributed by atoms with Crippen LogP contribution < -0.4 is 14.8 Å². The van der Waals surface area contributed by atoms with Gasteiger partial charge in [-0.05, 0) is 49.6 Å². The summed E-state index contributed by atoms with van der Waals surface area (Å²) in [6.07, 6.45) is 1.85. The van der Waals surface area contributed by atoms with Gasteiger partial charge < -0.3 is 5.32 Å². The van der Waals surface area contributed by atoms with Crippen LogP contribution in [0.4, 0.5) is 11.4 Å². The first-order valence-corrected chi connectivity index (χ1v) is 9.70. The van der Waals surface area contributed by atoms with Crippen molar-refractivity contribution in [3.05, 3.63) is 89.2 Å². The van der Waals surface area contributed by atoms with E-state index in [1.165, 1.54) is 0 Å². The second-order valence-corrected chi connectivity index (χ2v) is 7.44. The molecule has 0 saturated carbocycles. The standard InChI is InChI=1S/C24H23N3O2/c1-16-10-8-13-20(18(16)3)27-22(28)15-26-14-7-6-12-21(26)23(27)24(29)25-19-11-5-4-9-17(19)2/h4-14,23H,15H2,1-3H3/p+1/t23-/m1/s1. The number of hydrogen-bond donors (Lipinski definition) is 1. The van der Waals surface area contributed by atoms with Crippen molar-refractivity contribution >= 4 is 23.2 Å². The van der Waals surface area contributed by atoms with Crippen molar-refractivity contribution in [3.63, 3.8) is 0 Å². The fourth-order valence-electron chi connectivity index (χ4n) is 3.82. The number of nitrogens with one attached hydrogen (secondary N) is 1. The molecular weight excluding hydrogens is 362 g/mol. The summed E-state index contributed by atoms with van der Waals surface area (Å²) in [5, 5.41) is 3.03. The Bertz CT molecular complexity index is 1110. The average molecular weight is 386 g/mol. The maximum absolute atomic E-state index is 13.5. The first-order valence-electron chi connectivity index (χ1n) is 9.70. The third-order valence-corrected chi connectivity index (χ3v) is 5.58. The number of pyridine rings is 1. The average Bonchev–Trinajstić information content (AvgIpc) is 2.71. The van der Waals surface area contributed by atoms with E-state index in [0.717, 1.165) is 33.8 Å². The van der Waals surface area contributed by atoms with Gasteiger partial charge in [-0.25, -0.2) is 0 Å². The fourth-order valence-corrected chi connectivity index (χ4v) is 3.82. The second kappa shape index (κ2) is 7.51. The number of anilines is 2. The summed E-state index contributed by atoms with van der Waals surface area (Å²) in [6, 6.07) is 18.4. The molecule has 1 aliphatic heterocycles. The largest absolute Gasteiger partial charge is 0.324 e. The van der Waals surface area contributed by atoms with E-state index in [4.69, 9.17) is 0 Å².